The average Bonchev–Trinajstić information content (AvgIpc) is 2.41. The normalized spacial score (nSPS) is 10.4. The molecule has 3 heteroatoms. The first-order valence-electron chi connectivity index (χ1n) is 7.06. The van der Waals surface area contributed by atoms with E-state index in [9.17, 15) is 9.59 Å². The van der Waals surface area contributed by atoms with Gasteiger partial charge in [-0.05, 0) is 62.8 Å². The predicted molar refractivity (Wildman–Crippen MR) is 80.2 cm³/mol. The third kappa shape index (κ3) is 3.92. The molecule has 0 aliphatic rings. The van der Waals surface area contributed by atoms with Crippen LogP contribution in [0.1, 0.15) is 58.3 Å². The summed E-state index contributed by atoms with van der Waals surface area (Å²) in [5, 5.41) is 0. The van der Waals surface area contributed by atoms with Gasteiger partial charge in [0.15, 0.2) is 5.78 Å². The van der Waals surface area contributed by atoms with E-state index < -0.39 is 0 Å². The van der Waals surface area contributed by atoms with E-state index in [1.807, 2.05) is 27.7 Å². The summed E-state index contributed by atoms with van der Waals surface area (Å²) in [7, 11) is 1.38. The fourth-order valence-corrected chi connectivity index (χ4v) is 2.42. The van der Waals surface area contributed by atoms with Gasteiger partial charge in [0.25, 0.3) is 0 Å². The molecule has 3 nitrogen and oxygen atoms in total. The molecule has 0 fully saturated rings. The van der Waals surface area contributed by atoms with Crippen molar-refractivity contribution in [1.29, 1.82) is 0 Å². The summed E-state index contributed by atoms with van der Waals surface area (Å²) >= 11 is 0. The van der Waals surface area contributed by atoms with Gasteiger partial charge < -0.3 is 4.74 Å². The zero-order valence-corrected chi connectivity index (χ0v) is 13.1. The molecule has 0 unspecified atom stereocenters. The molecular formula is C17H24O3. The van der Waals surface area contributed by atoms with E-state index in [4.69, 9.17) is 0 Å². The Labute approximate surface area is 121 Å². The van der Waals surface area contributed by atoms with Gasteiger partial charge in [-0.3, -0.25) is 9.59 Å². The Kier molecular flexibility index (Phi) is 5.93. The van der Waals surface area contributed by atoms with Crippen molar-refractivity contribution in [3.8, 4) is 0 Å². The lowest BCUT2D eigenvalue weighted by molar-refractivity contribution is -0.140. The summed E-state index contributed by atoms with van der Waals surface area (Å²) in [5.41, 5.74) is 5.33. The molecule has 0 amide bonds. The van der Waals surface area contributed by atoms with Gasteiger partial charge >= 0.3 is 5.97 Å². The Morgan fingerprint density at radius 3 is 1.95 bits per heavy atom. The number of hydrogen-bond donors (Lipinski definition) is 0. The molecule has 0 saturated heterocycles. The highest BCUT2D eigenvalue weighted by Gasteiger charge is 2.15. The molecule has 0 radical (unpaired) electrons. The fourth-order valence-electron chi connectivity index (χ4n) is 2.42. The predicted octanol–water partition coefficient (Wildman–Crippen LogP) is 3.84. The molecule has 110 valence electrons. The molecule has 0 aliphatic carbocycles. The van der Waals surface area contributed by atoms with Crippen LogP contribution in [0, 0.1) is 27.7 Å². The zero-order chi connectivity index (χ0) is 15.3. The summed E-state index contributed by atoms with van der Waals surface area (Å²) in [5.74, 6) is -0.0344. The number of carbonyl (C=O) groups excluding carboxylic acids is 2. The molecule has 1 aromatic rings. The first-order chi connectivity index (χ1) is 9.38. The number of rotatable bonds is 6. The minimum absolute atomic E-state index is 0.177. The monoisotopic (exact) mass is 276 g/mol. The first kappa shape index (κ1) is 16.4. The molecule has 0 bridgehead atoms. The van der Waals surface area contributed by atoms with Gasteiger partial charge in [0.1, 0.15) is 0 Å². The molecule has 0 spiro atoms. The topological polar surface area (TPSA) is 43.4 Å². The smallest absolute Gasteiger partial charge is 0.305 e. The standard InChI is InChI=1S/C17H24O3/c1-11-10-12(2)14(4)17(13(11)3)15(18)8-6-7-9-16(19)20-5/h10H,6-9H2,1-5H3. The number of ether oxygens (including phenoxy) is 1. The van der Waals surface area contributed by atoms with Crippen molar-refractivity contribution in [3.05, 3.63) is 33.9 Å². The second-order valence-corrected chi connectivity index (χ2v) is 5.34. The number of carbonyl (C=O) groups is 2. The summed E-state index contributed by atoms with van der Waals surface area (Å²) < 4.78 is 4.59. The second kappa shape index (κ2) is 7.22. The SMILES string of the molecule is COC(=O)CCCCC(=O)c1c(C)c(C)cc(C)c1C. The van der Waals surface area contributed by atoms with E-state index in [0.717, 1.165) is 34.2 Å². The van der Waals surface area contributed by atoms with Gasteiger partial charge in [-0.2, -0.15) is 0 Å². The largest absolute Gasteiger partial charge is 0.469 e. The number of Topliss-reactive ketones (excluding diaryl/α,β-unsaturated/α-hetero) is 1. The van der Waals surface area contributed by atoms with Crippen molar-refractivity contribution < 1.29 is 14.3 Å². The maximum absolute atomic E-state index is 12.4. The number of ketones is 1. The average molecular weight is 276 g/mol. The van der Waals surface area contributed by atoms with E-state index in [-0.39, 0.29) is 11.8 Å². The minimum Gasteiger partial charge on any atom is -0.469 e. The van der Waals surface area contributed by atoms with Crippen LogP contribution in [0.5, 0.6) is 0 Å². The van der Waals surface area contributed by atoms with Crippen LogP contribution in [0.3, 0.4) is 0 Å². The number of benzene rings is 1. The van der Waals surface area contributed by atoms with Crippen LogP contribution < -0.4 is 0 Å². The molecule has 0 N–H and O–H groups in total. The molecule has 0 saturated carbocycles. The van der Waals surface area contributed by atoms with E-state index in [0.29, 0.717) is 19.3 Å². The van der Waals surface area contributed by atoms with Crippen molar-refractivity contribution in [2.45, 2.75) is 53.4 Å². The van der Waals surface area contributed by atoms with E-state index in [1.165, 1.54) is 7.11 Å². The number of hydrogen-bond acceptors (Lipinski definition) is 3. The number of methoxy groups -OCH3 is 1. The van der Waals surface area contributed by atoms with Crippen molar-refractivity contribution >= 4 is 11.8 Å². The fraction of sp³-hybridized carbons (Fsp3) is 0.529. The molecule has 0 atom stereocenters. The van der Waals surface area contributed by atoms with Gasteiger partial charge in [-0.15, -0.1) is 0 Å². The zero-order valence-electron chi connectivity index (χ0n) is 13.1. The van der Waals surface area contributed by atoms with Gasteiger partial charge in [0.2, 0.25) is 0 Å². The summed E-state index contributed by atoms with van der Waals surface area (Å²) in [6.45, 7) is 8.08. The van der Waals surface area contributed by atoms with Crippen LogP contribution >= 0.6 is 0 Å². The third-order valence-corrected chi connectivity index (χ3v) is 3.91. The van der Waals surface area contributed by atoms with E-state index in [2.05, 4.69) is 10.8 Å². The Bertz CT molecular complexity index is 489. The number of aryl methyl sites for hydroxylation is 2. The molecule has 1 rings (SSSR count). The summed E-state index contributed by atoms with van der Waals surface area (Å²) in [4.78, 5) is 23.4. The van der Waals surface area contributed by atoms with E-state index >= 15 is 0 Å². The van der Waals surface area contributed by atoms with Gasteiger partial charge in [0, 0.05) is 18.4 Å². The number of esters is 1. The Morgan fingerprint density at radius 2 is 1.45 bits per heavy atom. The van der Waals surface area contributed by atoms with Crippen LogP contribution in [0.2, 0.25) is 0 Å². The maximum atomic E-state index is 12.4. The van der Waals surface area contributed by atoms with Gasteiger partial charge in [-0.25, -0.2) is 0 Å². The molecule has 0 heterocycles. The molecule has 0 aliphatic heterocycles. The minimum atomic E-state index is -0.212. The van der Waals surface area contributed by atoms with Crippen molar-refractivity contribution in [2.24, 2.45) is 0 Å². The van der Waals surface area contributed by atoms with Crippen LogP contribution in [0.4, 0.5) is 0 Å². The van der Waals surface area contributed by atoms with Crippen molar-refractivity contribution in [2.75, 3.05) is 7.11 Å². The third-order valence-electron chi connectivity index (χ3n) is 3.91. The number of unbranched alkanes of at least 4 members (excludes halogenated alkanes) is 1. The first-order valence-corrected chi connectivity index (χ1v) is 7.06. The van der Waals surface area contributed by atoms with Gasteiger partial charge in [0.05, 0.1) is 7.11 Å². The van der Waals surface area contributed by atoms with Crippen molar-refractivity contribution in [3.63, 3.8) is 0 Å². The quantitative estimate of drug-likeness (QED) is 0.450. The second-order valence-electron chi connectivity index (χ2n) is 5.34. The van der Waals surface area contributed by atoms with Gasteiger partial charge in [-0.1, -0.05) is 6.07 Å². The molecular weight excluding hydrogens is 252 g/mol. The van der Waals surface area contributed by atoms with Crippen LogP contribution in [-0.4, -0.2) is 18.9 Å². The molecule has 0 aromatic heterocycles. The lowest BCUT2D eigenvalue weighted by Crippen LogP contribution is -2.08. The maximum Gasteiger partial charge on any atom is 0.305 e. The van der Waals surface area contributed by atoms with Crippen LogP contribution in [0.25, 0.3) is 0 Å². The highest BCUT2D eigenvalue weighted by molar-refractivity contribution is 5.99. The van der Waals surface area contributed by atoms with Crippen LogP contribution in [-0.2, 0) is 9.53 Å². The van der Waals surface area contributed by atoms with Crippen molar-refractivity contribution in [1.82, 2.24) is 0 Å². The molecule has 20 heavy (non-hydrogen) atoms. The highest BCUT2D eigenvalue weighted by atomic mass is 16.5. The highest BCUT2D eigenvalue weighted by Crippen LogP contribution is 2.23. The Balaban J connectivity index is 2.71. The van der Waals surface area contributed by atoms with Crippen LogP contribution in [0.15, 0.2) is 6.07 Å². The lowest BCUT2D eigenvalue weighted by Gasteiger charge is -2.14. The Hall–Kier alpha value is -1.64. The lowest BCUT2D eigenvalue weighted by atomic mass is 9.90. The van der Waals surface area contributed by atoms with E-state index in [1.54, 1.807) is 0 Å². The molecule has 1 aromatic carbocycles. The summed E-state index contributed by atoms with van der Waals surface area (Å²) in [6, 6.07) is 2.12. The summed E-state index contributed by atoms with van der Waals surface area (Å²) in [6.07, 6.45) is 2.29. The Morgan fingerprint density at radius 1 is 0.950 bits per heavy atom.